The summed E-state index contributed by atoms with van der Waals surface area (Å²) < 4.78 is 7.34. The van der Waals surface area contributed by atoms with E-state index in [1.807, 2.05) is 36.4 Å². The molecule has 0 aromatic heterocycles. The average molecular weight is 413 g/mol. The molecule has 0 saturated heterocycles. The second-order valence-electron chi connectivity index (χ2n) is 4.18. The smallest absolute Gasteiger partial charge is 0.235 e. The van der Waals surface area contributed by atoms with Crippen molar-refractivity contribution in [3.8, 4) is 5.75 Å². The van der Waals surface area contributed by atoms with Crippen LogP contribution in [0.3, 0.4) is 0 Å². The second kappa shape index (κ2) is 7.38. The molecule has 0 atom stereocenters. The van der Waals surface area contributed by atoms with E-state index in [0.717, 1.165) is 20.7 Å². The molecule has 0 aliphatic rings. The third kappa shape index (κ3) is 4.68. The Balaban J connectivity index is 2.26. The lowest BCUT2D eigenvalue weighted by molar-refractivity contribution is -0.400. The molecular weight excluding hydrogens is 402 g/mol. The number of nitro groups is 1. The molecule has 2 aromatic carbocycles. The molecule has 0 fully saturated rings. The van der Waals surface area contributed by atoms with Gasteiger partial charge in [-0.05, 0) is 33.6 Å². The molecule has 6 heteroatoms. The standard InChI is InChI=1S/C15H11Br2NO3/c16-13-8-12(6-7-18(19)20)15(14(17)9-13)21-10-11-4-2-1-3-5-11/h1-9H,10H2/b7-6-. The summed E-state index contributed by atoms with van der Waals surface area (Å²) in [6.07, 6.45) is 2.30. The minimum absolute atomic E-state index is 0.389. The molecule has 0 aliphatic heterocycles. The van der Waals surface area contributed by atoms with Crippen LogP contribution < -0.4 is 4.74 Å². The first kappa shape index (κ1) is 15.7. The fourth-order valence-electron chi connectivity index (χ4n) is 1.73. The van der Waals surface area contributed by atoms with Gasteiger partial charge in [0.15, 0.2) is 0 Å². The van der Waals surface area contributed by atoms with Crippen LogP contribution in [0.1, 0.15) is 11.1 Å². The fraction of sp³-hybridized carbons (Fsp3) is 0.0667. The summed E-state index contributed by atoms with van der Waals surface area (Å²) in [5.74, 6) is 0.570. The van der Waals surface area contributed by atoms with Crippen molar-refractivity contribution in [2.75, 3.05) is 0 Å². The van der Waals surface area contributed by atoms with Gasteiger partial charge in [-0.15, -0.1) is 0 Å². The highest BCUT2D eigenvalue weighted by atomic mass is 79.9. The van der Waals surface area contributed by atoms with Crippen LogP contribution in [0.25, 0.3) is 6.08 Å². The first-order chi connectivity index (χ1) is 10.1. The zero-order valence-electron chi connectivity index (χ0n) is 10.8. The van der Waals surface area contributed by atoms with E-state index in [4.69, 9.17) is 4.74 Å². The molecule has 0 heterocycles. The molecule has 0 bridgehead atoms. The maximum Gasteiger partial charge on any atom is 0.235 e. The van der Waals surface area contributed by atoms with E-state index in [-0.39, 0.29) is 0 Å². The lowest BCUT2D eigenvalue weighted by atomic mass is 10.2. The largest absolute Gasteiger partial charge is 0.487 e. The van der Waals surface area contributed by atoms with Crippen molar-refractivity contribution in [1.29, 1.82) is 0 Å². The highest BCUT2D eigenvalue weighted by Crippen LogP contribution is 2.34. The van der Waals surface area contributed by atoms with Crippen LogP contribution in [0.4, 0.5) is 0 Å². The summed E-state index contributed by atoms with van der Waals surface area (Å²) in [5.41, 5.74) is 1.65. The van der Waals surface area contributed by atoms with Gasteiger partial charge in [-0.3, -0.25) is 10.1 Å². The normalized spacial score (nSPS) is 10.8. The van der Waals surface area contributed by atoms with Crippen LogP contribution in [0.5, 0.6) is 5.75 Å². The minimum Gasteiger partial charge on any atom is -0.487 e. The van der Waals surface area contributed by atoms with Gasteiger partial charge in [0.05, 0.1) is 9.40 Å². The maximum absolute atomic E-state index is 10.5. The Morgan fingerprint density at radius 3 is 2.57 bits per heavy atom. The van der Waals surface area contributed by atoms with Gasteiger partial charge in [0, 0.05) is 16.1 Å². The molecule has 2 aromatic rings. The van der Waals surface area contributed by atoms with E-state index in [9.17, 15) is 10.1 Å². The van der Waals surface area contributed by atoms with Crippen molar-refractivity contribution in [2.24, 2.45) is 0 Å². The third-order valence-corrected chi connectivity index (χ3v) is 3.69. The number of halogens is 2. The quantitative estimate of drug-likeness (QED) is 0.510. The molecule has 2 rings (SSSR count). The summed E-state index contributed by atoms with van der Waals surface area (Å²) in [7, 11) is 0. The summed E-state index contributed by atoms with van der Waals surface area (Å²) in [5, 5.41) is 10.5. The minimum atomic E-state index is -0.504. The topological polar surface area (TPSA) is 52.4 Å². The molecule has 0 saturated carbocycles. The Hall–Kier alpha value is -1.66. The Kier molecular flexibility index (Phi) is 5.52. The molecule has 0 radical (unpaired) electrons. The molecule has 0 N–H and O–H groups in total. The first-order valence-electron chi connectivity index (χ1n) is 6.04. The third-order valence-electron chi connectivity index (χ3n) is 2.64. The lowest BCUT2D eigenvalue weighted by Gasteiger charge is -2.12. The van der Waals surface area contributed by atoms with Crippen LogP contribution in [0, 0.1) is 10.1 Å². The van der Waals surface area contributed by atoms with Gasteiger partial charge in [-0.25, -0.2) is 0 Å². The summed E-state index contributed by atoms with van der Waals surface area (Å²) >= 11 is 6.78. The van der Waals surface area contributed by atoms with Crippen LogP contribution in [0.15, 0.2) is 57.6 Å². The van der Waals surface area contributed by atoms with E-state index in [2.05, 4.69) is 31.9 Å². The number of ether oxygens (including phenoxy) is 1. The van der Waals surface area contributed by atoms with E-state index < -0.39 is 4.92 Å². The molecule has 21 heavy (non-hydrogen) atoms. The first-order valence-corrected chi connectivity index (χ1v) is 7.62. The Morgan fingerprint density at radius 1 is 1.19 bits per heavy atom. The molecule has 4 nitrogen and oxygen atoms in total. The van der Waals surface area contributed by atoms with Gasteiger partial charge in [0.25, 0.3) is 0 Å². The van der Waals surface area contributed by atoms with Gasteiger partial charge >= 0.3 is 0 Å². The predicted octanol–water partition coefficient (Wildman–Crippen LogP) is 5.04. The molecule has 0 amide bonds. The van der Waals surface area contributed by atoms with Crippen molar-refractivity contribution in [2.45, 2.75) is 6.61 Å². The van der Waals surface area contributed by atoms with Gasteiger partial charge in [0.2, 0.25) is 6.20 Å². The Bertz CT molecular complexity index is 672. The van der Waals surface area contributed by atoms with Crippen molar-refractivity contribution in [1.82, 2.24) is 0 Å². The molecule has 0 aliphatic carbocycles. The fourth-order valence-corrected chi connectivity index (χ4v) is 3.10. The monoisotopic (exact) mass is 411 g/mol. The lowest BCUT2D eigenvalue weighted by Crippen LogP contribution is -1.98. The van der Waals surface area contributed by atoms with Crippen LogP contribution in [-0.4, -0.2) is 4.92 Å². The van der Waals surface area contributed by atoms with Gasteiger partial charge < -0.3 is 4.74 Å². The molecule has 0 spiro atoms. The number of nitrogens with zero attached hydrogens (tertiary/aromatic N) is 1. The number of rotatable bonds is 5. The van der Waals surface area contributed by atoms with Gasteiger partial charge in [0.1, 0.15) is 12.4 Å². The van der Waals surface area contributed by atoms with Gasteiger partial charge in [-0.2, -0.15) is 0 Å². The second-order valence-corrected chi connectivity index (χ2v) is 5.95. The molecular formula is C15H11Br2NO3. The van der Waals surface area contributed by atoms with Crippen LogP contribution in [-0.2, 0) is 6.61 Å². The highest BCUT2D eigenvalue weighted by Gasteiger charge is 2.09. The van der Waals surface area contributed by atoms with Crippen molar-refractivity contribution < 1.29 is 9.66 Å². The van der Waals surface area contributed by atoms with Crippen molar-refractivity contribution in [3.05, 3.63) is 78.9 Å². The van der Waals surface area contributed by atoms with Crippen molar-refractivity contribution >= 4 is 37.9 Å². The van der Waals surface area contributed by atoms with Crippen molar-refractivity contribution in [3.63, 3.8) is 0 Å². The number of hydrogen-bond donors (Lipinski definition) is 0. The zero-order chi connectivity index (χ0) is 15.2. The Labute approximate surface area is 138 Å². The predicted molar refractivity (Wildman–Crippen MR) is 88.6 cm³/mol. The van der Waals surface area contributed by atoms with Crippen LogP contribution in [0.2, 0.25) is 0 Å². The SMILES string of the molecule is O=[N+]([O-])/C=C\c1cc(Br)cc(Br)c1OCc1ccccc1. The number of hydrogen-bond acceptors (Lipinski definition) is 3. The van der Waals surface area contributed by atoms with E-state index in [1.165, 1.54) is 6.08 Å². The van der Waals surface area contributed by atoms with E-state index in [0.29, 0.717) is 17.9 Å². The van der Waals surface area contributed by atoms with E-state index in [1.54, 1.807) is 6.07 Å². The maximum atomic E-state index is 10.5. The van der Waals surface area contributed by atoms with Gasteiger partial charge in [-0.1, -0.05) is 46.3 Å². The summed E-state index contributed by atoms with van der Waals surface area (Å²) in [6.45, 7) is 0.389. The highest BCUT2D eigenvalue weighted by molar-refractivity contribution is 9.11. The Morgan fingerprint density at radius 2 is 1.90 bits per heavy atom. The summed E-state index contributed by atoms with van der Waals surface area (Å²) in [4.78, 5) is 9.98. The molecule has 108 valence electrons. The average Bonchev–Trinajstić information content (AvgIpc) is 2.45. The van der Waals surface area contributed by atoms with Crippen LogP contribution >= 0.6 is 31.9 Å². The summed E-state index contributed by atoms with van der Waals surface area (Å²) in [6, 6.07) is 13.3. The zero-order valence-corrected chi connectivity index (χ0v) is 14.0. The number of benzene rings is 2. The van der Waals surface area contributed by atoms with E-state index >= 15 is 0 Å². The molecule has 0 unspecified atom stereocenters.